The molecule has 0 saturated carbocycles. The van der Waals surface area contributed by atoms with E-state index in [1.54, 1.807) is 32.0 Å². The highest BCUT2D eigenvalue weighted by atomic mass is 32.2. The van der Waals surface area contributed by atoms with Crippen molar-refractivity contribution < 1.29 is 17.5 Å². The van der Waals surface area contributed by atoms with Crippen molar-refractivity contribution in [3.8, 4) is 0 Å². The first-order chi connectivity index (χ1) is 8.84. The lowest BCUT2D eigenvalue weighted by molar-refractivity contribution is 0.00410. The van der Waals surface area contributed by atoms with Gasteiger partial charge in [-0.3, -0.25) is 0 Å². The Hall–Kier alpha value is -0.980. The van der Waals surface area contributed by atoms with Crippen molar-refractivity contribution in [1.29, 1.82) is 0 Å². The fraction of sp³-hybridized carbons (Fsp3) is 0.538. The van der Waals surface area contributed by atoms with Gasteiger partial charge < -0.3 is 4.74 Å². The first-order valence-corrected chi connectivity index (χ1v) is 7.77. The Labute approximate surface area is 114 Å². The van der Waals surface area contributed by atoms with Crippen LogP contribution in [0.25, 0.3) is 0 Å². The van der Waals surface area contributed by atoms with Gasteiger partial charge >= 0.3 is 0 Å². The van der Waals surface area contributed by atoms with Crippen LogP contribution >= 0.6 is 0 Å². The Bertz CT molecular complexity index is 518. The summed E-state index contributed by atoms with van der Waals surface area (Å²) in [6, 6.07) is 6.19. The minimum Gasteiger partial charge on any atom is -0.372 e. The van der Waals surface area contributed by atoms with E-state index < -0.39 is 21.4 Å². The molecule has 1 rings (SSSR count). The van der Waals surface area contributed by atoms with Gasteiger partial charge in [-0.1, -0.05) is 25.1 Å². The molecule has 6 heteroatoms. The van der Waals surface area contributed by atoms with E-state index in [2.05, 4.69) is 4.72 Å². The Morgan fingerprint density at radius 3 is 2.53 bits per heavy atom. The number of ether oxygens (including phenoxy) is 1. The Kier molecular flexibility index (Phi) is 5.46. The van der Waals surface area contributed by atoms with Gasteiger partial charge in [0.2, 0.25) is 10.0 Å². The van der Waals surface area contributed by atoms with Gasteiger partial charge in [0, 0.05) is 19.2 Å². The molecule has 0 aliphatic rings. The highest BCUT2D eigenvalue weighted by molar-refractivity contribution is 7.89. The molecule has 1 atom stereocenters. The molecule has 4 nitrogen and oxygen atoms in total. The van der Waals surface area contributed by atoms with E-state index in [0.717, 1.165) is 0 Å². The third-order valence-corrected chi connectivity index (χ3v) is 4.53. The molecule has 0 saturated heterocycles. The molecule has 1 aromatic rings. The van der Waals surface area contributed by atoms with Gasteiger partial charge in [0.15, 0.2) is 0 Å². The quantitative estimate of drug-likeness (QED) is 0.835. The molecule has 0 aliphatic heterocycles. The van der Waals surface area contributed by atoms with Gasteiger partial charge in [0.25, 0.3) is 0 Å². The second kappa shape index (κ2) is 6.45. The van der Waals surface area contributed by atoms with Crippen LogP contribution in [0.1, 0.15) is 25.8 Å². The predicted octanol–water partition coefficient (Wildman–Crippen LogP) is 2.02. The van der Waals surface area contributed by atoms with Crippen LogP contribution in [0.2, 0.25) is 0 Å². The standard InChI is InChI=1S/C13H20FNO3S/c1-4-9-19(16,17)15-10-13(2,18-3)11-7-5-6-8-12(11)14/h5-8,15H,4,9-10H2,1-3H3/t13-/m1/s1. The highest BCUT2D eigenvalue weighted by Gasteiger charge is 2.30. The highest BCUT2D eigenvalue weighted by Crippen LogP contribution is 2.26. The molecule has 0 aromatic heterocycles. The average Bonchev–Trinajstić information content (AvgIpc) is 2.37. The molecule has 0 heterocycles. The minimum atomic E-state index is -3.35. The van der Waals surface area contributed by atoms with Gasteiger partial charge in [-0.15, -0.1) is 0 Å². The molecule has 108 valence electrons. The van der Waals surface area contributed by atoms with E-state index in [0.29, 0.717) is 12.0 Å². The molecule has 0 unspecified atom stereocenters. The van der Waals surface area contributed by atoms with Crippen molar-refractivity contribution in [2.45, 2.75) is 25.9 Å². The van der Waals surface area contributed by atoms with Gasteiger partial charge in [0.05, 0.1) is 5.75 Å². The van der Waals surface area contributed by atoms with Crippen LogP contribution < -0.4 is 4.72 Å². The van der Waals surface area contributed by atoms with Gasteiger partial charge in [-0.05, 0) is 19.4 Å². The predicted molar refractivity (Wildman–Crippen MR) is 72.8 cm³/mol. The molecule has 0 radical (unpaired) electrons. The van der Waals surface area contributed by atoms with E-state index in [1.807, 2.05) is 0 Å². The summed E-state index contributed by atoms with van der Waals surface area (Å²) in [5.74, 6) is -0.370. The zero-order valence-corrected chi connectivity index (χ0v) is 12.3. The van der Waals surface area contributed by atoms with Crippen molar-refractivity contribution in [3.05, 3.63) is 35.6 Å². The number of halogens is 1. The number of sulfonamides is 1. The number of rotatable bonds is 7. The number of nitrogens with one attached hydrogen (secondary N) is 1. The summed E-state index contributed by atoms with van der Waals surface area (Å²) in [7, 11) is -1.92. The molecule has 0 spiro atoms. The summed E-state index contributed by atoms with van der Waals surface area (Å²) < 4.78 is 44.8. The first kappa shape index (κ1) is 16.1. The van der Waals surface area contributed by atoms with E-state index in [4.69, 9.17) is 4.74 Å². The van der Waals surface area contributed by atoms with Crippen molar-refractivity contribution in [1.82, 2.24) is 4.72 Å². The lowest BCUT2D eigenvalue weighted by atomic mass is 9.95. The van der Waals surface area contributed by atoms with Crippen LogP contribution in [-0.4, -0.2) is 27.8 Å². The average molecular weight is 289 g/mol. The van der Waals surface area contributed by atoms with Gasteiger partial charge in [-0.25, -0.2) is 17.5 Å². The molecule has 0 bridgehead atoms. The molecule has 1 aromatic carbocycles. The second-order valence-corrected chi connectivity index (χ2v) is 6.48. The van der Waals surface area contributed by atoms with E-state index in [-0.39, 0.29) is 12.3 Å². The first-order valence-electron chi connectivity index (χ1n) is 6.12. The summed E-state index contributed by atoms with van der Waals surface area (Å²) in [6.45, 7) is 3.43. The lowest BCUT2D eigenvalue weighted by Gasteiger charge is -2.29. The Balaban J connectivity index is 2.91. The number of benzene rings is 1. The summed E-state index contributed by atoms with van der Waals surface area (Å²) in [5, 5.41) is 0. The zero-order chi connectivity index (χ0) is 14.5. The minimum absolute atomic E-state index is 0.00718. The maximum absolute atomic E-state index is 13.8. The van der Waals surface area contributed by atoms with Gasteiger partial charge in [-0.2, -0.15) is 0 Å². The van der Waals surface area contributed by atoms with Crippen LogP contribution in [0.3, 0.4) is 0 Å². The molecular formula is C13H20FNO3S. The lowest BCUT2D eigenvalue weighted by Crippen LogP contribution is -2.41. The molecule has 0 aliphatic carbocycles. The molecule has 1 N–H and O–H groups in total. The van der Waals surface area contributed by atoms with Crippen molar-refractivity contribution >= 4 is 10.0 Å². The summed E-state index contributed by atoms with van der Waals surface area (Å²) >= 11 is 0. The third kappa shape index (κ3) is 4.26. The SMILES string of the molecule is CCCS(=O)(=O)NC[C@@](C)(OC)c1ccccc1F. The largest absolute Gasteiger partial charge is 0.372 e. The van der Waals surface area contributed by atoms with Crippen molar-refractivity contribution in [2.75, 3.05) is 19.4 Å². The van der Waals surface area contributed by atoms with E-state index >= 15 is 0 Å². The van der Waals surface area contributed by atoms with Crippen LogP contribution in [-0.2, 0) is 20.4 Å². The topological polar surface area (TPSA) is 55.4 Å². The Morgan fingerprint density at radius 2 is 2.00 bits per heavy atom. The van der Waals surface area contributed by atoms with Crippen molar-refractivity contribution in [3.63, 3.8) is 0 Å². The van der Waals surface area contributed by atoms with E-state index in [1.165, 1.54) is 13.2 Å². The third-order valence-electron chi connectivity index (χ3n) is 3.00. The van der Waals surface area contributed by atoms with E-state index in [9.17, 15) is 12.8 Å². The molecule has 19 heavy (non-hydrogen) atoms. The molecule has 0 fully saturated rings. The molecular weight excluding hydrogens is 269 g/mol. The smallest absolute Gasteiger partial charge is 0.211 e. The zero-order valence-electron chi connectivity index (χ0n) is 11.4. The van der Waals surface area contributed by atoms with Crippen molar-refractivity contribution in [2.24, 2.45) is 0 Å². The summed E-state index contributed by atoms with van der Waals surface area (Å²) in [4.78, 5) is 0. The van der Waals surface area contributed by atoms with Crippen LogP contribution in [0.5, 0.6) is 0 Å². The maximum atomic E-state index is 13.8. The monoisotopic (exact) mass is 289 g/mol. The van der Waals surface area contributed by atoms with Crippen LogP contribution in [0.15, 0.2) is 24.3 Å². The maximum Gasteiger partial charge on any atom is 0.211 e. The number of hydrogen-bond acceptors (Lipinski definition) is 3. The number of methoxy groups -OCH3 is 1. The van der Waals surface area contributed by atoms with Crippen LogP contribution in [0.4, 0.5) is 4.39 Å². The number of hydrogen-bond donors (Lipinski definition) is 1. The molecule has 0 amide bonds. The fourth-order valence-electron chi connectivity index (χ4n) is 1.76. The van der Waals surface area contributed by atoms with Gasteiger partial charge in [0.1, 0.15) is 11.4 Å². The normalized spacial score (nSPS) is 15.2. The van der Waals surface area contributed by atoms with Crippen LogP contribution in [0, 0.1) is 5.82 Å². The fourth-order valence-corrected chi connectivity index (χ4v) is 2.93. The summed E-state index contributed by atoms with van der Waals surface area (Å²) in [6.07, 6.45) is 0.527. The summed E-state index contributed by atoms with van der Waals surface area (Å²) in [5.41, 5.74) is -0.705. The Morgan fingerprint density at radius 1 is 1.37 bits per heavy atom. The second-order valence-electron chi connectivity index (χ2n) is 4.55.